The van der Waals surface area contributed by atoms with Gasteiger partial charge < -0.3 is 15.4 Å². The maximum absolute atomic E-state index is 5.11. The van der Waals surface area contributed by atoms with E-state index in [4.69, 9.17) is 4.74 Å². The minimum Gasteiger partial charge on any atom is -0.481 e. The average molecular weight is 235 g/mol. The van der Waals surface area contributed by atoms with Gasteiger partial charge in [0.05, 0.1) is 7.11 Å². The summed E-state index contributed by atoms with van der Waals surface area (Å²) in [4.78, 5) is 4.35. The van der Waals surface area contributed by atoms with E-state index in [1.54, 1.807) is 7.11 Å². The minimum absolute atomic E-state index is 0.322. The molecule has 2 N–H and O–H groups in total. The Balaban J connectivity index is 1.92. The van der Waals surface area contributed by atoms with Gasteiger partial charge >= 0.3 is 0 Å². The standard InChI is InChI=1S/C13H21N3O/c1-13(7-4-8-14-9-13)10-15-11-5-3-6-12(16-11)17-2/h3,5-6,14H,4,7-10H2,1-2H3,(H,15,16). The quantitative estimate of drug-likeness (QED) is 0.836. The molecule has 1 aromatic rings. The van der Waals surface area contributed by atoms with Crippen LogP contribution in [-0.4, -0.2) is 31.7 Å². The van der Waals surface area contributed by atoms with Crippen molar-refractivity contribution in [1.82, 2.24) is 10.3 Å². The smallest absolute Gasteiger partial charge is 0.214 e. The van der Waals surface area contributed by atoms with Crippen molar-refractivity contribution < 1.29 is 4.74 Å². The number of aromatic nitrogens is 1. The van der Waals surface area contributed by atoms with E-state index in [1.807, 2.05) is 18.2 Å². The second kappa shape index (κ2) is 5.36. The van der Waals surface area contributed by atoms with Gasteiger partial charge in [-0.25, -0.2) is 0 Å². The van der Waals surface area contributed by atoms with E-state index in [1.165, 1.54) is 12.8 Å². The number of hydrogen-bond donors (Lipinski definition) is 2. The molecule has 1 aliphatic rings. The second-order valence-corrected chi connectivity index (χ2v) is 5.01. The van der Waals surface area contributed by atoms with Gasteiger partial charge in [0, 0.05) is 19.2 Å². The Kier molecular flexibility index (Phi) is 3.84. The molecule has 1 unspecified atom stereocenters. The van der Waals surface area contributed by atoms with Crippen molar-refractivity contribution in [3.8, 4) is 5.88 Å². The number of nitrogens with zero attached hydrogens (tertiary/aromatic N) is 1. The molecule has 1 aromatic heterocycles. The lowest BCUT2D eigenvalue weighted by Gasteiger charge is -2.34. The summed E-state index contributed by atoms with van der Waals surface area (Å²) in [6, 6.07) is 5.78. The van der Waals surface area contributed by atoms with Crippen molar-refractivity contribution >= 4 is 5.82 Å². The van der Waals surface area contributed by atoms with Crippen LogP contribution in [0.2, 0.25) is 0 Å². The van der Waals surface area contributed by atoms with Gasteiger partial charge in [-0.1, -0.05) is 13.0 Å². The monoisotopic (exact) mass is 235 g/mol. The van der Waals surface area contributed by atoms with Crippen molar-refractivity contribution in [2.75, 3.05) is 32.1 Å². The first-order valence-electron chi connectivity index (χ1n) is 6.17. The average Bonchev–Trinajstić information content (AvgIpc) is 2.38. The van der Waals surface area contributed by atoms with Crippen molar-refractivity contribution in [1.29, 1.82) is 0 Å². The fraction of sp³-hybridized carbons (Fsp3) is 0.615. The normalized spacial score (nSPS) is 24.4. The van der Waals surface area contributed by atoms with E-state index in [9.17, 15) is 0 Å². The molecule has 4 heteroatoms. The van der Waals surface area contributed by atoms with Crippen molar-refractivity contribution in [2.24, 2.45) is 5.41 Å². The summed E-state index contributed by atoms with van der Waals surface area (Å²) in [6.45, 7) is 5.48. The molecular weight excluding hydrogens is 214 g/mol. The van der Waals surface area contributed by atoms with Gasteiger partial charge in [0.25, 0.3) is 0 Å². The number of nitrogens with one attached hydrogen (secondary N) is 2. The number of piperidine rings is 1. The summed E-state index contributed by atoms with van der Waals surface area (Å²) in [6.07, 6.45) is 2.51. The first kappa shape index (κ1) is 12.2. The first-order valence-corrected chi connectivity index (χ1v) is 6.17. The molecule has 0 radical (unpaired) electrons. The molecule has 2 rings (SSSR count). The maximum Gasteiger partial charge on any atom is 0.214 e. The Bertz CT molecular complexity index is 361. The van der Waals surface area contributed by atoms with Crippen LogP contribution >= 0.6 is 0 Å². The third-order valence-electron chi connectivity index (χ3n) is 3.31. The Morgan fingerprint density at radius 3 is 3.12 bits per heavy atom. The number of anilines is 1. The van der Waals surface area contributed by atoms with E-state index in [0.29, 0.717) is 11.3 Å². The summed E-state index contributed by atoms with van der Waals surface area (Å²) in [5.41, 5.74) is 0.322. The van der Waals surface area contributed by atoms with E-state index >= 15 is 0 Å². The highest BCUT2D eigenvalue weighted by Gasteiger charge is 2.26. The van der Waals surface area contributed by atoms with Crippen LogP contribution in [0.4, 0.5) is 5.82 Å². The van der Waals surface area contributed by atoms with E-state index in [-0.39, 0.29) is 0 Å². The molecule has 0 aromatic carbocycles. The lowest BCUT2D eigenvalue weighted by Crippen LogP contribution is -2.42. The van der Waals surface area contributed by atoms with E-state index in [2.05, 4.69) is 22.5 Å². The number of rotatable bonds is 4. The first-order chi connectivity index (χ1) is 8.22. The summed E-state index contributed by atoms with van der Waals surface area (Å²) in [5, 5.41) is 6.85. The summed E-state index contributed by atoms with van der Waals surface area (Å²) < 4.78 is 5.11. The third kappa shape index (κ3) is 3.33. The van der Waals surface area contributed by atoms with Gasteiger partial charge in [0.1, 0.15) is 5.82 Å². The number of hydrogen-bond acceptors (Lipinski definition) is 4. The minimum atomic E-state index is 0.322. The van der Waals surface area contributed by atoms with Gasteiger partial charge in [-0.3, -0.25) is 0 Å². The van der Waals surface area contributed by atoms with Crippen molar-refractivity contribution in [3.63, 3.8) is 0 Å². The van der Waals surface area contributed by atoms with Crippen LogP contribution in [0.3, 0.4) is 0 Å². The largest absolute Gasteiger partial charge is 0.481 e. The number of methoxy groups -OCH3 is 1. The van der Waals surface area contributed by atoms with Gasteiger partial charge in [-0.15, -0.1) is 0 Å². The lowest BCUT2D eigenvalue weighted by molar-refractivity contribution is 0.253. The highest BCUT2D eigenvalue weighted by Crippen LogP contribution is 2.25. The summed E-state index contributed by atoms with van der Waals surface area (Å²) >= 11 is 0. The third-order valence-corrected chi connectivity index (χ3v) is 3.31. The molecule has 1 fully saturated rings. The zero-order chi connectivity index (χ0) is 12.1. The maximum atomic E-state index is 5.11. The molecule has 0 aliphatic carbocycles. The molecule has 1 aliphatic heterocycles. The lowest BCUT2D eigenvalue weighted by atomic mass is 9.83. The SMILES string of the molecule is COc1cccc(NCC2(C)CCCNC2)n1. The zero-order valence-corrected chi connectivity index (χ0v) is 10.6. The van der Waals surface area contributed by atoms with Crippen LogP contribution in [0, 0.1) is 5.41 Å². The Morgan fingerprint density at radius 2 is 2.41 bits per heavy atom. The highest BCUT2D eigenvalue weighted by molar-refractivity contribution is 5.37. The van der Waals surface area contributed by atoms with Gasteiger partial charge in [-0.2, -0.15) is 4.98 Å². The molecule has 0 saturated carbocycles. The molecule has 17 heavy (non-hydrogen) atoms. The summed E-state index contributed by atoms with van der Waals surface area (Å²) in [5.74, 6) is 1.54. The highest BCUT2D eigenvalue weighted by atomic mass is 16.5. The molecule has 0 amide bonds. The molecule has 4 nitrogen and oxygen atoms in total. The van der Waals surface area contributed by atoms with Gasteiger partial charge in [0.15, 0.2) is 0 Å². The van der Waals surface area contributed by atoms with Crippen LogP contribution in [-0.2, 0) is 0 Å². The predicted molar refractivity (Wildman–Crippen MR) is 69.5 cm³/mol. The van der Waals surface area contributed by atoms with Crippen molar-refractivity contribution in [3.05, 3.63) is 18.2 Å². The Morgan fingerprint density at radius 1 is 1.53 bits per heavy atom. The second-order valence-electron chi connectivity index (χ2n) is 5.01. The molecule has 0 spiro atoms. The van der Waals surface area contributed by atoms with Gasteiger partial charge in [0.2, 0.25) is 5.88 Å². The van der Waals surface area contributed by atoms with E-state index < -0.39 is 0 Å². The van der Waals surface area contributed by atoms with E-state index in [0.717, 1.165) is 25.5 Å². The van der Waals surface area contributed by atoms with Crippen LogP contribution in [0.5, 0.6) is 5.88 Å². The molecule has 0 bridgehead atoms. The van der Waals surface area contributed by atoms with Crippen LogP contribution in [0.15, 0.2) is 18.2 Å². The van der Waals surface area contributed by atoms with Gasteiger partial charge in [-0.05, 0) is 30.9 Å². The van der Waals surface area contributed by atoms with Crippen molar-refractivity contribution in [2.45, 2.75) is 19.8 Å². The molecule has 94 valence electrons. The Labute approximate surface area is 103 Å². The van der Waals surface area contributed by atoms with Crippen LogP contribution in [0.25, 0.3) is 0 Å². The zero-order valence-electron chi connectivity index (χ0n) is 10.6. The van der Waals surface area contributed by atoms with Crippen LogP contribution in [0.1, 0.15) is 19.8 Å². The number of pyridine rings is 1. The molecule has 1 atom stereocenters. The fourth-order valence-corrected chi connectivity index (χ4v) is 2.20. The molecule has 2 heterocycles. The molecular formula is C13H21N3O. The summed E-state index contributed by atoms with van der Waals surface area (Å²) in [7, 11) is 1.64. The Hall–Kier alpha value is -1.29. The van der Waals surface area contributed by atoms with Crippen LogP contribution < -0.4 is 15.4 Å². The topological polar surface area (TPSA) is 46.2 Å². The predicted octanol–water partition coefficient (Wildman–Crippen LogP) is 1.89. The fourth-order valence-electron chi connectivity index (χ4n) is 2.20. The molecule has 1 saturated heterocycles. The number of ether oxygens (including phenoxy) is 1.